The Morgan fingerprint density at radius 3 is 3.00 bits per heavy atom. The minimum absolute atomic E-state index is 0.403. The summed E-state index contributed by atoms with van der Waals surface area (Å²) < 4.78 is 0.966. The molecule has 8 heteroatoms. The fraction of sp³-hybridized carbons (Fsp3) is 0.200. The molecule has 1 N–H and O–H groups in total. The summed E-state index contributed by atoms with van der Waals surface area (Å²) in [4.78, 5) is 23.5. The molecule has 13 heavy (non-hydrogen) atoms. The molecule has 0 aliphatic rings. The number of hydroxylamine groups is 1. The zero-order valence-electron chi connectivity index (χ0n) is 6.34. The number of hydrogen-bond acceptors (Lipinski definition) is 5. The van der Waals surface area contributed by atoms with Crippen LogP contribution >= 0.6 is 0 Å². The molecule has 8 nitrogen and oxygen atoms in total. The number of aromatic nitrogens is 2. The maximum Gasteiger partial charge on any atom is 0.435 e. The molecule has 0 saturated heterocycles. The normalized spacial score (nSPS) is 9.62. The summed E-state index contributed by atoms with van der Waals surface area (Å²) in [5.74, 6) is -1.33. The molecule has 0 fully saturated rings. The van der Waals surface area contributed by atoms with Crippen molar-refractivity contribution in [3.05, 3.63) is 27.7 Å². The van der Waals surface area contributed by atoms with E-state index in [1.807, 2.05) is 0 Å². The number of nitrogens with zero attached hydrogens (tertiary/aromatic N) is 3. The van der Waals surface area contributed by atoms with Crippen LogP contribution in [0.25, 0.3) is 0 Å². The first-order valence-electron chi connectivity index (χ1n) is 3.21. The van der Waals surface area contributed by atoms with E-state index >= 15 is 0 Å². The highest BCUT2D eigenvalue weighted by atomic mass is 16.6. The van der Waals surface area contributed by atoms with Crippen LogP contribution in [0.1, 0.15) is 0 Å². The monoisotopic (exact) mass is 185 g/mol. The van der Waals surface area contributed by atoms with Crippen LogP contribution in [0.3, 0.4) is 0 Å². The molecule has 1 amide bonds. The number of amides is 1. The van der Waals surface area contributed by atoms with E-state index in [-0.39, 0.29) is 0 Å². The van der Waals surface area contributed by atoms with Gasteiger partial charge in [0.1, 0.15) is 18.9 Å². The van der Waals surface area contributed by atoms with Crippen molar-refractivity contribution in [2.75, 3.05) is 0 Å². The average Bonchev–Trinajstić information content (AvgIpc) is 2.52. The predicted molar refractivity (Wildman–Crippen MR) is 40.4 cm³/mol. The molecule has 0 radical (unpaired) electrons. The second kappa shape index (κ2) is 3.63. The summed E-state index contributed by atoms with van der Waals surface area (Å²) in [7, 11) is 0. The first kappa shape index (κ1) is 9.13. The third-order valence-electron chi connectivity index (χ3n) is 1.28. The molecule has 0 aliphatic carbocycles. The molecular weight excluding hydrogens is 180 g/mol. The number of carbonyl (C=O) groups excluding carboxylic acids is 1. The fourth-order valence-corrected chi connectivity index (χ4v) is 0.784. The van der Waals surface area contributed by atoms with Crippen molar-refractivity contribution in [1.82, 2.24) is 15.0 Å². The van der Waals surface area contributed by atoms with Crippen molar-refractivity contribution >= 4 is 11.9 Å². The maximum absolute atomic E-state index is 10.6. The smallest absolute Gasteiger partial charge is 0.435 e. The zero-order valence-corrected chi connectivity index (χ0v) is 6.34. The largest absolute Gasteiger partial charge is 0.759 e. The molecule has 0 unspecified atom stereocenters. The lowest BCUT2D eigenvalue weighted by Gasteiger charge is -2.05. The Morgan fingerprint density at radius 2 is 2.46 bits per heavy atom. The zero-order chi connectivity index (χ0) is 9.84. The molecular formula is C5H5N4O4-. The number of carbonyl (C=O) groups is 1. The first-order chi connectivity index (χ1) is 6.15. The minimum atomic E-state index is -0.860. The highest BCUT2D eigenvalue weighted by molar-refractivity contribution is 5.76. The Labute approximate surface area is 71.9 Å². The lowest BCUT2D eigenvalue weighted by atomic mass is 10.6. The van der Waals surface area contributed by atoms with E-state index in [2.05, 4.69) is 4.98 Å². The molecule has 1 aromatic heterocycles. The van der Waals surface area contributed by atoms with E-state index in [4.69, 9.17) is 0 Å². The first-order valence-corrected chi connectivity index (χ1v) is 3.21. The van der Waals surface area contributed by atoms with Gasteiger partial charge < -0.3 is 20.8 Å². The molecule has 0 atom stereocenters. The van der Waals surface area contributed by atoms with Gasteiger partial charge in [-0.3, -0.25) is 4.79 Å². The lowest BCUT2D eigenvalue weighted by molar-refractivity contribution is -0.396. The number of rotatable bonds is 3. The Hall–Kier alpha value is -1.96. The van der Waals surface area contributed by atoms with E-state index in [9.17, 15) is 20.1 Å². The second-order valence-electron chi connectivity index (χ2n) is 2.14. The SMILES string of the molecule is O=C(Cn1ccnc1[N+](=O)[O-])N[O-]. The molecule has 0 saturated carbocycles. The Kier molecular flexibility index (Phi) is 2.55. The van der Waals surface area contributed by atoms with E-state index in [0.717, 1.165) is 10.0 Å². The fourth-order valence-electron chi connectivity index (χ4n) is 0.784. The number of nitro groups is 1. The number of hydrogen-bond donors (Lipinski definition) is 1. The van der Waals surface area contributed by atoms with Crippen molar-refractivity contribution in [2.45, 2.75) is 6.54 Å². The van der Waals surface area contributed by atoms with Crippen LogP contribution in [0.4, 0.5) is 5.95 Å². The van der Waals surface area contributed by atoms with Gasteiger partial charge in [-0.15, -0.1) is 0 Å². The van der Waals surface area contributed by atoms with Gasteiger partial charge in [-0.25, -0.2) is 4.57 Å². The van der Waals surface area contributed by atoms with Gasteiger partial charge in [0, 0.05) is 0 Å². The quantitative estimate of drug-likeness (QED) is 0.499. The topological polar surface area (TPSA) is 113 Å². The molecule has 1 rings (SSSR count). The molecule has 70 valence electrons. The number of imidazole rings is 1. The second-order valence-corrected chi connectivity index (χ2v) is 2.14. The lowest BCUT2D eigenvalue weighted by Crippen LogP contribution is -2.22. The maximum atomic E-state index is 10.6. The van der Waals surface area contributed by atoms with Crippen LogP contribution < -0.4 is 5.48 Å². The van der Waals surface area contributed by atoms with E-state index in [0.29, 0.717) is 0 Å². The molecule has 1 aromatic rings. The summed E-state index contributed by atoms with van der Waals surface area (Å²) in [5.41, 5.74) is 1.11. The van der Waals surface area contributed by atoms with Crippen molar-refractivity contribution in [3.8, 4) is 0 Å². The van der Waals surface area contributed by atoms with Crippen LogP contribution in [0, 0.1) is 15.3 Å². The summed E-state index contributed by atoms with van der Waals surface area (Å²) in [6.07, 6.45) is 2.42. The number of nitrogens with one attached hydrogen (secondary N) is 1. The predicted octanol–water partition coefficient (Wildman–Crippen LogP) is -0.595. The van der Waals surface area contributed by atoms with Crippen LogP contribution in [0.15, 0.2) is 12.4 Å². The molecule has 0 aromatic carbocycles. The average molecular weight is 185 g/mol. The van der Waals surface area contributed by atoms with Gasteiger partial charge in [-0.2, -0.15) is 0 Å². The Morgan fingerprint density at radius 1 is 1.77 bits per heavy atom. The van der Waals surface area contributed by atoms with Crippen LogP contribution in [-0.2, 0) is 11.3 Å². The van der Waals surface area contributed by atoms with E-state index in [1.54, 1.807) is 0 Å². The van der Waals surface area contributed by atoms with Gasteiger partial charge >= 0.3 is 5.95 Å². The van der Waals surface area contributed by atoms with Crippen LogP contribution in [-0.4, -0.2) is 20.4 Å². The van der Waals surface area contributed by atoms with Crippen molar-refractivity contribution in [3.63, 3.8) is 0 Å². The summed E-state index contributed by atoms with van der Waals surface area (Å²) in [6.45, 7) is -0.403. The van der Waals surface area contributed by atoms with Gasteiger partial charge in [0.2, 0.25) is 5.91 Å². The minimum Gasteiger partial charge on any atom is -0.759 e. The third kappa shape index (κ3) is 1.99. The molecule has 0 spiro atoms. The van der Waals surface area contributed by atoms with Gasteiger partial charge in [-0.1, -0.05) is 4.98 Å². The Bertz CT molecular complexity index is 333. The van der Waals surface area contributed by atoms with Gasteiger partial charge in [-0.05, 0) is 4.92 Å². The highest BCUT2D eigenvalue weighted by Crippen LogP contribution is 2.06. The van der Waals surface area contributed by atoms with Gasteiger partial charge in [0.25, 0.3) is 0 Å². The van der Waals surface area contributed by atoms with Crippen LogP contribution in [0.2, 0.25) is 0 Å². The molecule has 1 heterocycles. The summed E-state index contributed by atoms with van der Waals surface area (Å²) in [5, 5.41) is 20.1. The van der Waals surface area contributed by atoms with Crippen molar-refractivity contribution < 1.29 is 9.72 Å². The van der Waals surface area contributed by atoms with Gasteiger partial charge in [0.05, 0.1) is 0 Å². The van der Waals surface area contributed by atoms with E-state index in [1.165, 1.54) is 12.4 Å². The molecule has 0 aliphatic heterocycles. The van der Waals surface area contributed by atoms with Crippen molar-refractivity contribution in [2.24, 2.45) is 0 Å². The highest BCUT2D eigenvalue weighted by Gasteiger charge is 2.15. The Balaban J connectivity index is 2.82. The van der Waals surface area contributed by atoms with Crippen LogP contribution in [0.5, 0.6) is 0 Å². The summed E-state index contributed by atoms with van der Waals surface area (Å²) in [6, 6.07) is 0. The standard InChI is InChI=1S/C5H5N4O4/c10-4(7-11)3-8-2-1-6-5(8)9(12)13/h1-2H,3H2,(H-,7,10,11)/q-1. The summed E-state index contributed by atoms with van der Waals surface area (Å²) >= 11 is 0. The third-order valence-corrected chi connectivity index (χ3v) is 1.28. The molecule has 0 bridgehead atoms. The van der Waals surface area contributed by atoms with Gasteiger partial charge in [0.15, 0.2) is 0 Å². The van der Waals surface area contributed by atoms with Crippen molar-refractivity contribution in [1.29, 1.82) is 0 Å². The van der Waals surface area contributed by atoms with E-state index < -0.39 is 23.3 Å².